The number of carbonyl (C=O) groups excluding carboxylic acids is 2. The fourth-order valence-electron chi connectivity index (χ4n) is 2.22. The molecule has 0 saturated carbocycles. The van der Waals surface area contributed by atoms with Crippen LogP contribution in [-0.4, -0.2) is 30.4 Å². The predicted octanol–water partition coefficient (Wildman–Crippen LogP) is 2.47. The second-order valence-electron chi connectivity index (χ2n) is 5.31. The van der Waals surface area contributed by atoms with Crippen molar-refractivity contribution in [1.82, 2.24) is 4.98 Å². The van der Waals surface area contributed by atoms with E-state index in [1.54, 1.807) is 40.5 Å². The Hall–Kier alpha value is -2.93. The summed E-state index contributed by atoms with van der Waals surface area (Å²) in [4.78, 5) is 29.5. The predicted molar refractivity (Wildman–Crippen MR) is 96.5 cm³/mol. The third kappa shape index (κ3) is 3.52. The van der Waals surface area contributed by atoms with Crippen molar-refractivity contribution >= 4 is 44.2 Å². The van der Waals surface area contributed by atoms with Crippen LogP contribution in [-0.2, 0) is 4.79 Å². The number of benzene rings is 2. The number of fused-ring (bicyclic) bond motifs is 1. The molecule has 7 heteroatoms. The number of hydrogen-bond donors (Lipinski definition) is 2. The number of nitrogens with one attached hydrogen (secondary N) is 1. The van der Waals surface area contributed by atoms with Crippen LogP contribution >= 0.6 is 11.3 Å². The molecule has 0 spiro atoms. The molecule has 2 aromatic carbocycles. The fraction of sp³-hybridized carbons (Fsp3) is 0.118. The van der Waals surface area contributed by atoms with Crippen molar-refractivity contribution in [1.29, 1.82) is 0 Å². The molecule has 0 bridgehead atoms. The maximum Gasteiger partial charge on any atom is 0.248 e. The Morgan fingerprint density at radius 2 is 1.88 bits per heavy atom. The number of nitrogens with two attached hydrogens (primary N) is 1. The topological polar surface area (TPSA) is 88.3 Å². The van der Waals surface area contributed by atoms with Gasteiger partial charge in [0.1, 0.15) is 0 Å². The molecule has 0 aliphatic heterocycles. The molecule has 0 fully saturated rings. The smallest absolute Gasteiger partial charge is 0.248 e. The number of nitrogens with zero attached hydrogens (tertiary/aromatic N) is 2. The van der Waals surface area contributed by atoms with E-state index in [0.717, 1.165) is 15.3 Å². The van der Waals surface area contributed by atoms with Crippen molar-refractivity contribution in [3.05, 3.63) is 54.1 Å². The number of amides is 2. The van der Waals surface area contributed by atoms with Crippen molar-refractivity contribution in [3.63, 3.8) is 0 Å². The van der Waals surface area contributed by atoms with Crippen molar-refractivity contribution in [2.45, 2.75) is 0 Å². The van der Waals surface area contributed by atoms with Gasteiger partial charge in [-0.05, 0) is 36.4 Å². The minimum absolute atomic E-state index is 0.163. The summed E-state index contributed by atoms with van der Waals surface area (Å²) >= 11 is 1.54. The Labute approximate surface area is 142 Å². The summed E-state index contributed by atoms with van der Waals surface area (Å²) in [5, 5.41) is 3.57. The first-order valence-electron chi connectivity index (χ1n) is 7.29. The lowest BCUT2D eigenvalue weighted by atomic mass is 10.2. The highest BCUT2D eigenvalue weighted by Crippen LogP contribution is 2.27. The first kappa shape index (κ1) is 15.9. The number of para-hydroxylation sites is 1. The largest absolute Gasteiger partial charge is 0.366 e. The lowest BCUT2D eigenvalue weighted by molar-refractivity contribution is -0.114. The van der Waals surface area contributed by atoms with Crippen LogP contribution in [0.3, 0.4) is 0 Å². The van der Waals surface area contributed by atoms with Gasteiger partial charge >= 0.3 is 0 Å². The number of rotatable bonds is 5. The van der Waals surface area contributed by atoms with Crippen LogP contribution in [0, 0.1) is 0 Å². The maximum atomic E-state index is 12.2. The molecular formula is C17H16N4O2S. The molecule has 0 aliphatic rings. The van der Waals surface area contributed by atoms with Gasteiger partial charge in [0.15, 0.2) is 5.13 Å². The number of thiazole rings is 1. The molecule has 3 aromatic rings. The summed E-state index contributed by atoms with van der Waals surface area (Å²) in [7, 11) is 1.83. The lowest BCUT2D eigenvalue weighted by Crippen LogP contribution is -2.29. The van der Waals surface area contributed by atoms with Crippen LogP contribution in [0.4, 0.5) is 10.8 Å². The summed E-state index contributed by atoms with van der Waals surface area (Å²) in [5.41, 5.74) is 7.13. The number of anilines is 2. The van der Waals surface area contributed by atoms with E-state index in [-0.39, 0.29) is 12.5 Å². The zero-order chi connectivity index (χ0) is 17.1. The average Bonchev–Trinajstić information content (AvgIpc) is 2.99. The van der Waals surface area contributed by atoms with Crippen molar-refractivity contribution in [2.75, 3.05) is 23.8 Å². The minimum atomic E-state index is -0.497. The number of primary amides is 1. The first-order chi connectivity index (χ1) is 11.5. The second-order valence-corrected chi connectivity index (χ2v) is 6.32. The van der Waals surface area contributed by atoms with Gasteiger partial charge in [0, 0.05) is 18.3 Å². The number of carbonyl (C=O) groups is 2. The van der Waals surface area contributed by atoms with E-state index in [1.165, 1.54) is 0 Å². The van der Waals surface area contributed by atoms with Crippen LogP contribution in [0.5, 0.6) is 0 Å². The standard InChI is InChI=1S/C17H16N4O2S/c1-21(17-20-13-4-2-3-5-14(13)24-17)10-15(22)19-12-8-6-11(7-9-12)16(18)23/h2-9H,10H2,1H3,(H2,18,23)(H,19,22). The third-order valence-corrected chi connectivity index (χ3v) is 4.59. The molecule has 0 atom stereocenters. The molecule has 3 N–H and O–H groups in total. The summed E-state index contributed by atoms with van der Waals surface area (Å²) in [5.74, 6) is -0.660. The normalized spacial score (nSPS) is 10.5. The Balaban J connectivity index is 1.64. The van der Waals surface area contributed by atoms with E-state index in [4.69, 9.17) is 5.73 Å². The quantitative estimate of drug-likeness (QED) is 0.747. The van der Waals surface area contributed by atoms with E-state index >= 15 is 0 Å². The zero-order valence-corrected chi connectivity index (χ0v) is 13.8. The summed E-state index contributed by atoms with van der Waals surface area (Å²) in [6.07, 6.45) is 0. The van der Waals surface area contributed by atoms with E-state index < -0.39 is 5.91 Å². The van der Waals surface area contributed by atoms with Crippen molar-refractivity contribution in [3.8, 4) is 0 Å². The Kier molecular flexibility index (Phi) is 4.43. The molecule has 1 aromatic heterocycles. The van der Waals surface area contributed by atoms with Gasteiger partial charge < -0.3 is 16.0 Å². The summed E-state index contributed by atoms with van der Waals surface area (Å²) in [6, 6.07) is 14.3. The monoisotopic (exact) mass is 340 g/mol. The molecular weight excluding hydrogens is 324 g/mol. The van der Waals surface area contributed by atoms with E-state index in [9.17, 15) is 9.59 Å². The molecule has 0 unspecified atom stereocenters. The molecule has 24 heavy (non-hydrogen) atoms. The highest BCUT2D eigenvalue weighted by atomic mass is 32.1. The Bertz CT molecular complexity index is 856. The van der Waals surface area contributed by atoms with Crippen LogP contribution < -0.4 is 16.0 Å². The number of likely N-dealkylation sites (N-methyl/N-ethyl adjacent to an activating group) is 1. The van der Waals surface area contributed by atoms with Gasteiger partial charge in [-0.3, -0.25) is 9.59 Å². The summed E-state index contributed by atoms with van der Waals surface area (Å²) in [6.45, 7) is 0.178. The van der Waals surface area contributed by atoms with E-state index in [0.29, 0.717) is 11.3 Å². The SMILES string of the molecule is CN(CC(=O)Nc1ccc(C(N)=O)cc1)c1nc2ccccc2s1. The molecule has 3 rings (SSSR count). The highest BCUT2D eigenvalue weighted by molar-refractivity contribution is 7.22. The van der Waals surface area contributed by atoms with Crippen molar-refractivity contribution < 1.29 is 9.59 Å². The van der Waals surface area contributed by atoms with Gasteiger partial charge in [0.25, 0.3) is 0 Å². The van der Waals surface area contributed by atoms with Gasteiger partial charge in [0.2, 0.25) is 11.8 Å². The lowest BCUT2D eigenvalue weighted by Gasteiger charge is -2.15. The Morgan fingerprint density at radius 1 is 1.17 bits per heavy atom. The van der Waals surface area contributed by atoms with Gasteiger partial charge in [-0.15, -0.1) is 0 Å². The van der Waals surface area contributed by atoms with Crippen molar-refractivity contribution in [2.24, 2.45) is 5.73 Å². The third-order valence-electron chi connectivity index (χ3n) is 3.44. The van der Waals surface area contributed by atoms with E-state index in [1.807, 2.05) is 31.3 Å². The van der Waals surface area contributed by atoms with Gasteiger partial charge in [-0.25, -0.2) is 4.98 Å². The van der Waals surface area contributed by atoms with Crippen LogP contribution in [0.1, 0.15) is 10.4 Å². The summed E-state index contributed by atoms with van der Waals surface area (Å²) < 4.78 is 1.08. The minimum Gasteiger partial charge on any atom is -0.366 e. The molecule has 0 saturated heterocycles. The molecule has 0 aliphatic carbocycles. The molecule has 6 nitrogen and oxygen atoms in total. The number of aromatic nitrogens is 1. The zero-order valence-electron chi connectivity index (χ0n) is 13.0. The molecule has 1 heterocycles. The number of hydrogen-bond acceptors (Lipinski definition) is 5. The van der Waals surface area contributed by atoms with Gasteiger partial charge in [-0.1, -0.05) is 23.5 Å². The average molecular weight is 340 g/mol. The molecule has 0 radical (unpaired) electrons. The maximum absolute atomic E-state index is 12.2. The van der Waals surface area contributed by atoms with Gasteiger partial charge in [0.05, 0.1) is 16.8 Å². The molecule has 122 valence electrons. The van der Waals surface area contributed by atoms with Crippen LogP contribution in [0.25, 0.3) is 10.2 Å². The first-order valence-corrected chi connectivity index (χ1v) is 8.11. The highest BCUT2D eigenvalue weighted by Gasteiger charge is 2.12. The Morgan fingerprint density at radius 3 is 2.54 bits per heavy atom. The van der Waals surface area contributed by atoms with Crippen LogP contribution in [0.2, 0.25) is 0 Å². The van der Waals surface area contributed by atoms with Gasteiger partial charge in [-0.2, -0.15) is 0 Å². The second kappa shape index (κ2) is 6.67. The van der Waals surface area contributed by atoms with E-state index in [2.05, 4.69) is 10.3 Å². The molecule has 2 amide bonds. The fourth-order valence-corrected chi connectivity index (χ4v) is 3.15. The van der Waals surface area contributed by atoms with Crippen LogP contribution in [0.15, 0.2) is 48.5 Å².